The first-order valence-corrected chi connectivity index (χ1v) is 5.80. The molecule has 0 unspecified atom stereocenters. The Balaban J connectivity index is 2.16. The maximum atomic E-state index is 4.24. The molecule has 2 heterocycles. The first-order chi connectivity index (χ1) is 5.95. The Labute approximate surface area is 80.7 Å². The second kappa shape index (κ2) is 4.01. The van der Waals surface area contributed by atoms with Gasteiger partial charge in [-0.1, -0.05) is 6.07 Å². The minimum atomic E-state index is 1.06. The first-order valence-electron chi connectivity index (χ1n) is 3.83. The summed E-state index contributed by atoms with van der Waals surface area (Å²) < 4.78 is 1.40. The van der Waals surface area contributed by atoms with Crippen molar-refractivity contribution in [2.24, 2.45) is 0 Å². The quantitative estimate of drug-likeness (QED) is 0.684. The van der Waals surface area contributed by atoms with E-state index in [1.807, 2.05) is 47.9 Å². The lowest BCUT2D eigenvalue weighted by Gasteiger charge is -1.93. The third-order valence-corrected chi connectivity index (χ3v) is 4.11. The lowest BCUT2D eigenvalue weighted by atomic mass is 10.3. The number of thioether (sulfide) groups is 2. The van der Waals surface area contributed by atoms with E-state index in [0.29, 0.717) is 0 Å². The molecule has 0 N–H and O–H groups in total. The molecule has 0 saturated carbocycles. The van der Waals surface area contributed by atoms with Gasteiger partial charge in [0, 0.05) is 21.9 Å². The zero-order chi connectivity index (χ0) is 8.23. The average Bonchev–Trinajstić information content (AvgIpc) is 2.59. The van der Waals surface area contributed by atoms with Gasteiger partial charge in [-0.15, -0.1) is 23.5 Å². The molecule has 0 radical (unpaired) electrons. The van der Waals surface area contributed by atoms with E-state index >= 15 is 0 Å². The molecular formula is C9H9NS2. The summed E-state index contributed by atoms with van der Waals surface area (Å²) in [7, 11) is 0. The van der Waals surface area contributed by atoms with Crippen molar-refractivity contribution in [3.63, 3.8) is 0 Å². The zero-order valence-electron chi connectivity index (χ0n) is 6.56. The van der Waals surface area contributed by atoms with Gasteiger partial charge in [0.25, 0.3) is 0 Å². The zero-order valence-corrected chi connectivity index (χ0v) is 8.20. The van der Waals surface area contributed by atoms with Gasteiger partial charge in [-0.3, -0.25) is 4.98 Å². The summed E-state index contributed by atoms with van der Waals surface area (Å²) in [6.45, 7) is 0. The molecule has 2 rings (SSSR count). The van der Waals surface area contributed by atoms with Crippen LogP contribution in [0.15, 0.2) is 28.6 Å². The van der Waals surface area contributed by atoms with E-state index in [2.05, 4.69) is 11.1 Å². The van der Waals surface area contributed by atoms with Crippen molar-refractivity contribution in [2.45, 2.75) is 0 Å². The molecule has 1 aliphatic heterocycles. The van der Waals surface area contributed by atoms with E-state index < -0.39 is 0 Å². The molecule has 1 saturated heterocycles. The van der Waals surface area contributed by atoms with Crippen LogP contribution < -0.4 is 0 Å². The van der Waals surface area contributed by atoms with Crippen LogP contribution in [0, 0.1) is 0 Å². The summed E-state index contributed by atoms with van der Waals surface area (Å²) in [5.74, 6) is 2.48. The number of hydrogen-bond donors (Lipinski definition) is 0. The third-order valence-electron chi connectivity index (χ3n) is 1.53. The smallest absolute Gasteiger partial charge is 0.0646 e. The van der Waals surface area contributed by atoms with E-state index in [1.165, 1.54) is 15.7 Å². The second-order valence-electron chi connectivity index (χ2n) is 2.41. The van der Waals surface area contributed by atoms with Crippen LogP contribution in [0.3, 0.4) is 0 Å². The standard InChI is InChI=1S/C9H9NS2/c1-2-4-10-8(3-1)7-9-11-5-6-12-9/h1-4,7H,5-6H2. The van der Waals surface area contributed by atoms with Crippen LogP contribution in [-0.2, 0) is 0 Å². The lowest BCUT2D eigenvalue weighted by Crippen LogP contribution is -1.76. The summed E-state index contributed by atoms with van der Waals surface area (Å²) in [6.07, 6.45) is 3.99. The minimum absolute atomic E-state index is 1.06. The van der Waals surface area contributed by atoms with Crippen molar-refractivity contribution in [1.82, 2.24) is 4.98 Å². The van der Waals surface area contributed by atoms with E-state index in [9.17, 15) is 0 Å². The average molecular weight is 195 g/mol. The fourth-order valence-corrected chi connectivity index (χ4v) is 3.30. The predicted molar refractivity (Wildman–Crippen MR) is 57.1 cm³/mol. The van der Waals surface area contributed by atoms with Gasteiger partial charge < -0.3 is 0 Å². The van der Waals surface area contributed by atoms with Crippen LogP contribution in [0.5, 0.6) is 0 Å². The molecule has 0 aromatic carbocycles. The Hall–Kier alpha value is -0.410. The molecule has 1 nitrogen and oxygen atoms in total. The topological polar surface area (TPSA) is 12.9 Å². The fourth-order valence-electron chi connectivity index (χ4n) is 0.992. The van der Waals surface area contributed by atoms with Gasteiger partial charge in [0.05, 0.1) is 5.69 Å². The highest BCUT2D eigenvalue weighted by Crippen LogP contribution is 2.37. The molecule has 0 aliphatic carbocycles. The largest absolute Gasteiger partial charge is 0.257 e. The molecule has 1 aliphatic rings. The summed E-state index contributed by atoms with van der Waals surface area (Å²) in [4.78, 5) is 4.24. The van der Waals surface area contributed by atoms with Gasteiger partial charge in [0.1, 0.15) is 0 Å². The highest BCUT2D eigenvalue weighted by Gasteiger charge is 2.07. The molecular weight excluding hydrogens is 186 g/mol. The number of aromatic nitrogens is 1. The van der Waals surface area contributed by atoms with E-state index in [-0.39, 0.29) is 0 Å². The van der Waals surface area contributed by atoms with Crippen LogP contribution in [-0.4, -0.2) is 16.5 Å². The van der Waals surface area contributed by atoms with E-state index in [0.717, 1.165) is 5.69 Å². The molecule has 0 spiro atoms. The monoisotopic (exact) mass is 195 g/mol. The molecule has 0 atom stereocenters. The highest BCUT2D eigenvalue weighted by molar-refractivity contribution is 8.25. The number of rotatable bonds is 1. The Kier molecular flexibility index (Phi) is 2.74. The fraction of sp³-hybridized carbons (Fsp3) is 0.222. The van der Waals surface area contributed by atoms with Gasteiger partial charge in [0.2, 0.25) is 0 Å². The maximum absolute atomic E-state index is 4.24. The van der Waals surface area contributed by atoms with Crippen LogP contribution >= 0.6 is 23.5 Å². The van der Waals surface area contributed by atoms with Crippen molar-refractivity contribution in [3.8, 4) is 0 Å². The Morgan fingerprint density at radius 2 is 2.08 bits per heavy atom. The summed E-state index contributed by atoms with van der Waals surface area (Å²) >= 11 is 3.84. The molecule has 3 heteroatoms. The predicted octanol–water partition coefficient (Wildman–Crippen LogP) is 2.86. The molecule has 12 heavy (non-hydrogen) atoms. The number of pyridine rings is 1. The molecule has 62 valence electrons. The molecule has 1 aromatic heterocycles. The molecule has 0 amide bonds. The lowest BCUT2D eigenvalue weighted by molar-refractivity contribution is 1.30. The summed E-state index contributed by atoms with van der Waals surface area (Å²) in [5.41, 5.74) is 1.06. The SMILES string of the molecule is C(=C1SCCS1)c1ccccn1. The summed E-state index contributed by atoms with van der Waals surface area (Å²) in [6, 6.07) is 5.99. The summed E-state index contributed by atoms with van der Waals surface area (Å²) in [5, 5.41) is 0. The molecule has 1 fully saturated rings. The third kappa shape index (κ3) is 2.05. The van der Waals surface area contributed by atoms with E-state index in [1.54, 1.807) is 0 Å². The number of nitrogens with zero attached hydrogens (tertiary/aromatic N) is 1. The first kappa shape index (κ1) is 8.20. The van der Waals surface area contributed by atoms with Gasteiger partial charge in [-0.2, -0.15) is 0 Å². The van der Waals surface area contributed by atoms with E-state index in [4.69, 9.17) is 0 Å². The van der Waals surface area contributed by atoms with Crippen molar-refractivity contribution < 1.29 is 0 Å². The second-order valence-corrected chi connectivity index (χ2v) is 4.95. The molecule has 1 aromatic rings. The van der Waals surface area contributed by atoms with Crippen LogP contribution in [0.1, 0.15) is 5.69 Å². The van der Waals surface area contributed by atoms with Crippen molar-refractivity contribution >= 4 is 29.6 Å². The van der Waals surface area contributed by atoms with Crippen molar-refractivity contribution in [2.75, 3.05) is 11.5 Å². The van der Waals surface area contributed by atoms with Crippen LogP contribution in [0.2, 0.25) is 0 Å². The number of hydrogen-bond acceptors (Lipinski definition) is 3. The van der Waals surface area contributed by atoms with Crippen molar-refractivity contribution in [1.29, 1.82) is 0 Å². The van der Waals surface area contributed by atoms with Crippen molar-refractivity contribution in [3.05, 3.63) is 34.3 Å². The van der Waals surface area contributed by atoms with Gasteiger partial charge >= 0.3 is 0 Å². The van der Waals surface area contributed by atoms with Crippen LogP contribution in [0.4, 0.5) is 0 Å². The Bertz CT molecular complexity index is 274. The normalized spacial score (nSPS) is 16.5. The molecule has 0 bridgehead atoms. The van der Waals surface area contributed by atoms with Gasteiger partial charge in [-0.05, 0) is 18.2 Å². The van der Waals surface area contributed by atoms with Gasteiger partial charge in [-0.25, -0.2) is 0 Å². The van der Waals surface area contributed by atoms with Gasteiger partial charge in [0.15, 0.2) is 0 Å². The Morgan fingerprint density at radius 3 is 2.75 bits per heavy atom. The maximum Gasteiger partial charge on any atom is 0.0646 e. The minimum Gasteiger partial charge on any atom is -0.257 e. The highest BCUT2D eigenvalue weighted by atomic mass is 32.2. The Morgan fingerprint density at radius 1 is 1.25 bits per heavy atom. The van der Waals surface area contributed by atoms with Crippen LogP contribution in [0.25, 0.3) is 6.08 Å².